The highest BCUT2D eigenvalue weighted by Gasteiger charge is 1.94. The topological polar surface area (TPSA) is 20.2 Å². The van der Waals surface area contributed by atoms with Crippen molar-refractivity contribution < 1.29 is 5.11 Å². The van der Waals surface area contributed by atoms with E-state index in [0.29, 0.717) is 17.6 Å². The molecule has 3 rings (SSSR count). The van der Waals surface area contributed by atoms with Gasteiger partial charge in [-0.15, -0.1) is 0 Å². The van der Waals surface area contributed by atoms with Crippen LogP contribution < -0.4 is 0 Å². The number of hydrogen-bond donors (Lipinski definition) is 1. The summed E-state index contributed by atoms with van der Waals surface area (Å²) in [5, 5.41) is 8.63. The van der Waals surface area contributed by atoms with Crippen LogP contribution in [0, 0.1) is 0 Å². The molecule has 0 saturated carbocycles. The first-order valence-electron chi connectivity index (χ1n) is 8.84. The van der Waals surface area contributed by atoms with Crippen molar-refractivity contribution in [2.45, 2.75) is 39.5 Å². The number of rotatable bonds is 2. The molecule has 0 aliphatic carbocycles. The molecule has 0 fully saturated rings. The second-order valence-electron chi connectivity index (χ2n) is 6.47. The Kier molecular flexibility index (Phi) is 9.77. The Morgan fingerprint density at radius 1 is 0.480 bits per heavy atom. The lowest BCUT2D eigenvalue weighted by Gasteiger charge is -2.01. The smallest absolute Gasteiger partial charge is 0.115 e. The van der Waals surface area contributed by atoms with Crippen molar-refractivity contribution in [1.82, 2.24) is 0 Å². The zero-order chi connectivity index (χ0) is 18.5. The summed E-state index contributed by atoms with van der Waals surface area (Å²) in [6, 6.07) is 29.8. The molecule has 132 valence electrons. The van der Waals surface area contributed by atoms with Crippen molar-refractivity contribution in [1.29, 1.82) is 0 Å². The lowest BCUT2D eigenvalue weighted by Crippen LogP contribution is -1.83. The van der Waals surface area contributed by atoms with Crippen molar-refractivity contribution in [2.24, 2.45) is 0 Å². The first kappa shape index (κ1) is 20.5. The summed E-state index contributed by atoms with van der Waals surface area (Å²) in [5.41, 5.74) is 2.83. The van der Waals surface area contributed by atoms with Gasteiger partial charge in [0.2, 0.25) is 0 Å². The van der Waals surface area contributed by atoms with E-state index in [9.17, 15) is 0 Å². The van der Waals surface area contributed by atoms with Crippen molar-refractivity contribution in [3.8, 4) is 5.75 Å². The van der Waals surface area contributed by atoms with E-state index in [1.807, 2.05) is 18.2 Å². The summed E-state index contributed by atoms with van der Waals surface area (Å²) in [4.78, 5) is 0. The van der Waals surface area contributed by atoms with Gasteiger partial charge < -0.3 is 5.11 Å². The second-order valence-corrected chi connectivity index (χ2v) is 6.47. The molecule has 1 N–H and O–H groups in total. The monoisotopic (exact) mass is 334 g/mol. The molecule has 0 heterocycles. The lowest BCUT2D eigenvalue weighted by molar-refractivity contribution is 0.475. The predicted molar refractivity (Wildman–Crippen MR) is 109 cm³/mol. The molecule has 0 atom stereocenters. The first-order valence-corrected chi connectivity index (χ1v) is 8.84. The Balaban J connectivity index is 0.000000189. The fraction of sp³-hybridized carbons (Fsp3) is 0.250. The van der Waals surface area contributed by atoms with Gasteiger partial charge in [-0.1, -0.05) is 107 Å². The van der Waals surface area contributed by atoms with Crippen molar-refractivity contribution in [3.05, 3.63) is 102 Å². The van der Waals surface area contributed by atoms with Crippen molar-refractivity contribution in [3.63, 3.8) is 0 Å². The van der Waals surface area contributed by atoms with Crippen LogP contribution in [0.2, 0.25) is 0 Å². The highest BCUT2D eigenvalue weighted by Crippen LogP contribution is 2.12. The molecule has 0 spiro atoms. The number of phenolic OH excluding ortho intramolecular Hbond substituents is 1. The van der Waals surface area contributed by atoms with Crippen LogP contribution in [-0.2, 0) is 0 Å². The van der Waals surface area contributed by atoms with E-state index in [4.69, 9.17) is 5.11 Å². The van der Waals surface area contributed by atoms with Gasteiger partial charge >= 0.3 is 0 Å². The summed E-state index contributed by atoms with van der Waals surface area (Å²) in [6.07, 6.45) is 0. The minimum atomic E-state index is 0.322. The Bertz CT molecular complexity index is 615. The normalized spacial score (nSPS) is 9.68. The Morgan fingerprint density at radius 2 is 0.760 bits per heavy atom. The molecule has 0 saturated heterocycles. The molecule has 25 heavy (non-hydrogen) atoms. The maximum atomic E-state index is 8.63. The Morgan fingerprint density at radius 3 is 0.920 bits per heavy atom. The Labute approximate surface area is 153 Å². The second kappa shape index (κ2) is 11.9. The van der Waals surface area contributed by atoms with E-state index >= 15 is 0 Å². The maximum absolute atomic E-state index is 8.63. The molecule has 0 aliphatic rings. The van der Waals surface area contributed by atoms with Gasteiger partial charge in [-0.25, -0.2) is 0 Å². The third kappa shape index (κ3) is 9.36. The molecule has 0 amide bonds. The maximum Gasteiger partial charge on any atom is 0.115 e. The van der Waals surface area contributed by atoms with Gasteiger partial charge in [-0.05, 0) is 35.1 Å². The molecule has 0 unspecified atom stereocenters. The fourth-order valence-electron chi connectivity index (χ4n) is 2.10. The first-order chi connectivity index (χ1) is 12.0. The Hall–Kier alpha value is -2.54. The van der Waals surface area contributed by atoms with Crippen LogP contribution in [0.4, 0.5) is 0 Å². The van der Waals surface area contributed by atoms with Crippen molar-refractivity contribution in [2.75, 3.05) is 0 Å². The van der Waals surface area contributed by atoms with Crippen molar-refractivity contribution >= 4 is 0 Å². The number of aromatic hydroxyl groups is 1. The van der Waals surface area contributed by atoms with E-state index in [2.05, 4.69) is 76.2 Å². The molecule has 3 aromatic rings. The summed E-state index contributed by atoms with van der Waals surface area (Å²) >= 11 is 0. The molecule has 0 radical (unpaired) electrons. The van der Waals surface area contributed by atoms with E-state index < -0.39 is 0 Å². The zero-order valence-electron chi connectivity index (χ0n) is 15.8. The van der Waals surface area contributed by atoms with Crippen LogP contribution in [0.5, 0.6) is 5.75 Å². The minimum absolute atomic E-state index is 0.322. The zero-order valence-corrected chi connectivity index (χ0v) is 15.8. The average Bonchev–Trinajstić information content (AvgIpc) is 2.65. The molecule has 0 bridgehead atoms. The van der Waals surface area contributed by atoms with Crippen LogP contribution in [0.3, 0.4) is 0 Å². The molecular formula is C24H30O. The van der Waals surface area contributed by atoms with Gasteiger partial charge in [0.05, 0.1) is 0 Å². The van der Waals surface area contributed by atoms with Gasteiger partial charge in [0.15, 0.2) is 0 Å². The number of benzene rings is 3. The predicted octanol–water partition coefficient (Wildman–Crippen LogP) is 7.01. The summed E-state index contributed by atoms with van der Waals surface area (Å²) < 4.78 is 0. The van der Waals surface area contributed by atoms with Gasteiger partial charge in [0, 0.05) is 0 Å². The third-order valence-electron chi connectivity index (χ3n) is 3.69. The molecule has 1 nitrogen and oxygen atoms in total. The van der Waals surface area contributed by atoms with Crippen LogP contribution in [0.25, 0.3) is 0 Å². The average molecular weight is 335 g/mol. The largest absolute Gasteiger partial charge is 0.508 e. The van der Waals surface area contributed by atoms with Gasteiger partial charge in [-0.3, -0.25) is 0 Å². The number of para-hydroxylation sites is 1. The third-order valence-corrected chi connectivity index (χ3v) is 3.69. The fourth-order valence-corrected chi connectivity index (χ4v) is 2.10. The van der Waals surface area contributed by atoms with E-state index in [0.717, 1.165) is 0 Å². The standard InChI is InChI=1S/2C9H12.C6H6O/c2*1-8(2)9-6-4-3-5-7-9;7-6-4-2-1-3-5-6/h2*3-8H,1-2H3;1-5,7H. The molecular weight excluding hydrogens is 304 g/mol. The summed E-state index contributed by atoms with van der Waals surface area (Å²) in [6.45, 7) is 8.81. The number of hydrogen-bond acceptors (Lipinski definition) is 1. The lowest BCUT2D eigenvalue weighted by atomic mass is 10.0. The molecule has 0 aromatic heterocycles. The quantitative estimate of drug-likeness (QED) is 0.534. The highest BCUT2D eigenvalue weighted by molar-refractivity contribution is 5.19. The van der Waals surface area contributed by atoms with E-state index in [1.165, 1.54) is 11.1 Å². The van der Waals surface area contributed by atoms with E-state index in [-0.39, 0.29) is 0 Å². The van der Waals surface area contributed by atoms with Crippen LogP contribution in [-0.4, -0.2) is 5.11 Å². The SMILES string of the molecule is CC(C)c1ccccc1.CC(C)c1ccccc1.Oc1ccccc1. The van der Waals surface area contributed by atoms with Gasteiger partial charge in [-0.2, -0.15) is 0 Å². The summed E-state index contributed by atoms with van der Waals surface area (Å²) in [5.74, 6) is 1.64. The molecule has 0 aliphatic heterocycles. The van der Waals surface area contributed by atoms with Crippen LogP contribution in [0.1, 0.15) is 50.7 Å². The van der Waals surface area contributed by atoms with Gasteiger partial charge in [0.1, 0.15) is 5.75 Å². The van der Waals surface area contributed by atoms with Gasteiger partial charge in [0.25, 0.3) is 0 Å². The highest BCUT2D eigenvalue weighted by atomic mass is 16.3. The minimum Gasteiger partial charge on any atom is -0.508 e. The summed E-state index contributed by atoms with van der Waals surface area (Å²) in [7, 11) is 0. The van der Waals surface area contributed by atoms with Crippen LogP contribution in [0.15, 0.2) is 91.0 Å². The molecule has 3 aromatic carbocycles. The molecule has 1 heteroatoms. The van der Waals surface area contributed by atoms with E-state index in [1.54, 1.807) is 24.3 Å². The number of phenols is 1. The van der Waals surface area contributed by atoms with Crippen LogP contribution >= 0.6 is 0 Å².